The molecule has 8 nitrogen and oxygen atoms in total. The summed E-state index contributed by atoms with van der Waals surface area (Å²) in [5.41, 5.74) is 1.72. The summed E-state index contributed by atoms with van der Waals surface area (Å²) in [6.07, 6.45) is 0. The number of aromatic amines is 1. The zero-order valence-electron chi connectivity index (χ0n) is 15.5. The Morgan fingerprint density at radius 1 is 1.00 bits per heavy atom. The molecule has 0 aliphatic rings. The molecule has 0 saturated carbocycles. The summed E-state index contributed by atoms with van der Waals surface area (Å²) in [5.74, 6) is 2.24. The van der Waals surface area contributed by atoms with Gasteiger partial charge in [0.25, 0.3) is 5.91 Å². The number of amides is 1. The van der Waals surface area contributed by atoms with E-state index in [1.807, 2.05) is 19.1 Å². The maximum atomic E-state index is 12.8. The third kappa shape index (κ3) is 3.84. The topological polar surface area (TPSA) is 98.4 Å². The maximum Gasteiger partial charge on any atom is 0.259 e. The van der Waals surface area contributed by atoms with Crippen molar-refractivity contribution in [3.63, 3.8) is 0 Å². The fraction of sp³-hybridized carbons (Fsp3) is 0.211. The predicted octanol–water partition coefficient (Wildman–Crippen LogP) is 3.06. The highest BCUT2D eigenvalue weighted by atomic mass is 16.5. The van der Waals surface area contributed by atoms with Crippen LogP contribution in [0.1, 0.15) is 16.2 Å². The molecule has 3 aromatic rings. The third-order valence-electron chi connectivity index (χ3n) is 3.93. The summed E-state index contributed by atoms with van der Waals surface area (Å²) in [6.45, 7) is 1.82. The van der Waals surface area contributed by atoms with E-state index in [9.17, 15) is 4.79 Å². The molecule has 140 valence electrons. The van der Waals surface area contributed by atoms with E-state index in [0.717, 1.165) is 11.4 Å². The third-order valence-corrected chi connectivity index (χ3v) is 3.93. The second kappa shape index (κ2) is 7.77. The first kappa shape index (κ1) is 18.2. The van der Waals surface area contributed by atoms with Crippen LogP contribution in [0.4, 0.5) is 5.69 Å². The van der Waals surface area contributed by atoms with Crippen LogP contribution in [0.15, 0.2) is 36.4 Å². The number of hydrogen-bond donors (Lipinski definition) is 2. The average molecular weight is 368 g/mol. The molecule has 2 N–H and O–H groups in total. The number of methoxy groups -OCH3 is 3. The summed E-state index contributed by atoms with van der Waals surface area (Å²) >= 11 is 0. The minimum absolute atomic E-state index is 0.328. The Hall–Kier alpha value is -3.55. The van der Waals surface area contributed by atoms with E-state index in [-0.39, 0.29) is 5.91 Å². The van der Waals surface area contributed by atoms with E-state index >= 15 is 0 Å². The SMILES string of the molecule is COc1cc(OC)c(C(=O)Nc2cccc(-c3n[nH]c(C)n3)c2)cc1OC. The van der Waals surface area contributed by atoms with Gasteiger partial charge in [0.2, 0.25) is 0 Å². The fourth-order valence-corrected chi connectivity index (χ4v) is 2.61. The molecule has 1 amide bonds. The molecule has 1 aromatic heterocycles. The highest BCUT2D eigenvalue weighted by Gasteiger charge is 2.18. The van der Waals surface area contributed by atoms with Crippen molar-refractivity contribution in [2.24, 2.45) is 0 Å². The Balaban J connectivity index is 1.89. The molecule has 27 heavy (non-hydrogen) atoms. The van der Waals surface area contributed by atoms with Gasteiger partial charge in [-0.1, -0.05) is 12.1 Å². The molecule has 0 aliphatic carbocycles. The first-order valence-electron chi connectivity index (χ1n) is 8.16. The molecule has 0 radical (unpaired) electrons. The first-order valence-corrected chi connectivity index (χ1v) is 8.16. The van der Waals surface area contributed by atoms with Gasteiger partial charge in [-0.05, 0) is 19.1 Å². The quantitative estimate of drug-likeness (QED) is 0.694. The molecule has 8 heteroatoms. The zero-order chi connectivity index (χ0) is 19.4. The van der Waals surface area contributed by atoms with Crippen LogP contribution in [0.25, 0.3) is 11.4 Å². The minimum atomic E-state index is -0.337. The van der Waals surface area contributed by atoms with Crippen molar-refractivity contribution in [2.45, 2.75) is 6.92 Å². The second-order valence-electron chi connectivity index (χ2n) is 5.69. The highest BCUT2D eigenvalue weighted by Crippen LogP contribution is 2.35. The number of nitrogens with zero attached hydrogens (tertiary/aromatic N) is 2. The van der Waals surface area contributed by atoms with Gasteiger partial charge in [-0.15, -0.1) is 0 Å². The van der Waals surface area contributed by atoms with Crippen LogP contribution in [0.5, 0.6) is 17.2 Å². The van der Waals surface area contributed by atoms with Gasteiger partial charge >= 0.3 is 0 Å². The highest BCUT2D eigenvalue weighted by molar-refractivity contribution is 6.07. The number of nitrogens with one attached hydrogen (secondary N) is 2. The lowest BCUT2D eigenvalue weighted by Crippen LogP contribution is -2.13. The fourth-order valence-electron chi connectivity index (χ4n) is 2.61. The Labute approximate surface area is 156 Å². The van der Waals surface area contributed by atoms with Gasteiger partial charge in [-0.2, -0.15) is 5.10 Å². The van der Waals surface area contributed by atoms with E-state index in [1.165, 1.54) is 21.3 Å². The molecular formula is C19H20N4O4. The van der Waals surface area contributed by atoms with Crippen LogP contribution >= 0.6 is 0 Å². The van der Waals surface area contributed by atoms with Crippen molar-refractivity contribution in [1.82, 2.24) is 15.2 Å². The van der Waals surface area contributed by atoms with Crippen LogP contribution in [-0.4, -0.2) is 42.4 Å². The number of aromatic nitrogens is 3. The monoisotopic (exact) mass is 368 g/mol. The molecule has 0 spiro atoms. The summed E-state index contributed by atoms with van der Waals surface area (Å²) in [6, 6.07) is 10.5. The molecule has 0 unspecified atom stereocenters. The van der Waals surface area contributed by atoms with Crippen molar-refractivity contribution < 1.29 is 19.0 Å². The number of hydrogen-bond acceptors (Lipinski definition) is 6. The summed E-state index contributed by atoms with van der Waals surface area (Å²) in [5, 5.41) is 9.79. The maximum absolute atomic E-state index is 12.8. The van der Waals surface area contributed by atoms with Crippen molar-refractivity contribution in [3.05, 3.63) is 47.8 Å². The van der Waals surface area contributed by atoms with Crippen LogP contribution in [0.2, 0.25) is 0 Å². The minimum Gasteiger partial charge on any atom is -0.496 e. The van der Waals surface area contributed by atoms with Crippen molar-refractivity contribution in [3.8, 4) is 28.6 Å². The number of rotatable bonds is 6. The number of carbonyl (C=O) groups excluding carboxylic acids is 1. The molecule has 2 aromatic carbocycles. The van der Waals surface area contributed by atoms with Crippen LogP contribution in [-0.2, 0) is 0 Å². The molecule has 0 fully saturated rings. The molecule has 0 bridgehead atoms. The number of benzene rings is 2. The van der Waals surface area contributed by atoms with E-state index < -0.39 is 0 Å². The number of ether oxygens (including phenoxy) is 3. The van der Waals surface area contributed by atoms with E-state index in [1.54, 1.807) is 24.3 Å². The van der Waals surface area contributed by atoms with Crippen molar-refractivity contribution in [2.75, 3.05) is 26.6 Å². The lowest BCUT2D eigenvalue weighted by molar-refractivity contribution is 0.102. The molecule has 0 atom stereocenters. The standard InChI is InChI=1S/C19H20N4O4/c1-11-20-18(23-22-11)12-6-5-7-13(8-12)21-19(24)14-9-16(26-3)17(27-4)10-15(14)25-2/h5-10H,1-4H3,(H,21,24)(H,20,22,23). The van der Waals surface area contributed by atoms with Crippen molar-refractivity contribution in [1.29, 1.82) is 0 Å². The zero-order valence-corrected chi connectivity index (χ0v) is 15.5. The first-order chi connectivity index (χ1) is 13.0. The van der Waals surface area contributed by atoms with E-state index in [4.69, 9.17) is 14.2 Å². The summed E-state index contributed by atoms with van der Waals surface area (Å²) < 4.78 is 15.8. The van der Waals surface area contributed by atoms with Gasteiger partial charge in [0.15, 0.2) is 17.3 Å². The summed E-state index contributed by atoms with van der Waals surface area (Å²) in [4.78, 5) is 17.1. The molecular weight excluding hydrogens is 348 g/mol. The van der Waals surface area contributed by atoms with Gasteiger partial charge in [0.1, 0.15) is 11.6 Å². The molecule has 3 rings (SSSR count). The summed E-state index contributed by atoms with van der Waals surface area (Å²) in [7, 11) is 4.52. The molecule has 1 heterocycles. The Morgan fingerprint density at radius 2 is 1.70 bits per heavy atom. The van der Waals surface area contributed by atoms with Crippen LogP contribution in [0, 0.1) is 6.92 Å². The van der Waals surface area contributed by atoms with Gasteiger partial charge in [-0.25, -0.2) is 4.98 Å². The van der Waals surface area contributed by atoms with Gasteiger partial charge in [-0.3, -0.25) is 9.89 Å². The number of H-pyrrole nitrogens is 1. The smallest absolute Gasteiger partial charge is 0.259 e. The van der Waals surface area contributed by atoms with Gasteiger partial charge in [0.05, 0.1) is 26.9 Å². The number of carbonyl (C=O) groups is 1. The predicted molar refractivity (Wildman–Crippen MR) is 101 cm³/mol. The normalized spacial score (nSPS) is 10.4. The largest absolute Gasteiger partial charge is 0.496 e. The van der Waals surface area contributed by atoms with Gasteiger partial charge < -0.3 is 19.5 Å². The lowest BCUT2D eigenvalue weighted by atomic mass is 10.1. The van der Waals surface area contributed by atoms with E-state index in [2.05, 4.69) is 20.5 Å². The number of aryl methyl sites for hydroxylation is 1. The van der Waals surface area contributed by atoms with E-state index in [0.29, 0.717) is 34.3 Å². The van der Waals surface area contributed by atoms with Crippen LogP contribution < -0.4 is 19.5 Å². The van der Waals surface area contributed by atoms with Crippen LogP contribution in [0.3, 0.4) is 0 Å². The Morgan fingerprint density at radius 3 is 2.33 bits per heavy atom. The number of anilines is 1. The lowest BCUT2D eigenvalue weighted by Gasteiger charge is -2.14. The molecule has 0 aliphatic heterocycles. The Kier molecular flexibility index (Phi) is 5.25. The van der Waals surface area contributed by atoms with Gasteiger partial charge in [0, 0.05) is 23.4 Å². The second-order valence-corrected chi connectivity index (χ2v) is 5.69. The average Bonchev–Trinajstić information content (AvgIpc) is 3.13. The van der Waals surface area contributed by atoms with Crippen molar-refractivity contribution >= 4 is 11.6 Å². The Bertz CT molecular complexity index is 968. The molecule has 0 saturated heterocycles.